The van der Waals surface area contributed by atoms with Crippen molar-refractivity contribution in [2.24, 2.45) is 0 Å². The van der Waals surface area contributed by atoms with Crippen LogP contribution in [0.15, 0.2) is 66.7 Å². The normalized spacial score (nSPS) is 14.6. The van der Waals surface area contributed by atoms with Crippen molar-refractivity contribution >= 4 is 13.7 Å². The Labute approximate surface area is 182 Å². The molecule has 30 heavy (non-hydrogen) atoms. The third kappa shape index (κ3) is 4.12. The molecule has 156 valence electrons. The van der Waals surface area contributed by atoms with Crippen molar-refractivity contribution < 1.29 is 9.05 Å². The predicted octanol–water partition coefficient (Wildman–Crippen LogP) is 7.28. The molecular weight excluding hydrogens is 387 g/mol. The molecule has 0 spiro atoms. The molecule has 3 aromatic carbocycles. The van der Waals surface area contributed by atoms with Gasteiger partial charge in [-0.3, -0.25) is 0 Å². The molecule has 2 nitrogen and oxygen atoms in total. The number of hydrogen-bond donors (Lipinski definition) is 0. The molecule has 3 heteroatoms. The molecule has 0 saturated heterocycles. The van der Waals surface area contributed by atoms with Gasteiger partial charge in [0.25, 0.3) is 0 Å². The van der Waals surface area contributed by atoms with Crippen molar-refractivity contribution in [3.63, 3.8) is 0 Å². The van der Waals surface area contributed by atoms with Crippen LogP contribution in [-0.2, 0) is 17.3 Å². The summed E-state index contributed by atoms with van der Waals surface area (Å²) in [6.45, 7) is 13.4. The van der Waals surface area contributed by atoms with Gasteiger partial charge in [-0.15, -0.1) is 0 Å². The van der Waals surface area contributed by atoms with Gasteiger partial charge in [0.15, 0.2) is 0 Å². The van der Waals surface area contributed by atoms with Crippen LogP contribution in [0.3, 0.4) is 0 Å². The average molecular weight is 419 g/mol. The van der Waals surface area contributed by atoms with Crippen LogP contribution in [0.1, 0.15) is 63.8 Å². The first kappa shape index (κ1) is 20.9. The van der Waals surface area contributed by atoms with Gasteiger partial charge in [-0.05, 0) is 34.1 Å². The number of benzene rings is 3. The van der Waals surface area contributed by atoms with E-state index in [1.165, 1.54) is 22.3 Å². The molecule has 0 radical (unpaired) electrons. The lowest BCUT2D eigenvalue weighted by atomic mass is 9.83. The number of para-hydroxylation sites is 2. The Morgan fingerprint density at radius 3 is 1.50 bits per heavy atom. The van der Waals surface area contributed by atoms with Crippen LogP contribution < -0.4 is 14.4 Å². The minimum atomic E-state index is -1.31. The fourth-order valence-corrected chi connectivity index (χ4v) is 5.32. The van der Waals surface area contributed by atoms with Gasteiger partial charge >= 0.3 is 8.38 Å². The summed E-state index contributed by atoms with van der Waals surface area (Å²) in [5, 5.41) is 1.08. The van der Waals surface area contributed by atoms with Crippen molar-refractivity contribution in [2.45, 2.75) is 58.8 Å². The number of fused-ring (bicyclic) bond motifs is 2. The van der Waals surface area contributed by atoms with Gasteiger partial charge in [0.2, 0.25) is 0 Å². The molecule has 4 rings (SSSR count). The first-order valence-electron chi connectivity index (χ1n) is 10.6. The molecule has 0 unspecified atom stereocenters. The zero-order valence-corrected chi connectivity index (χ0v) is 19.7. The van der Waals surface area contributed by atoms with Crippen molar-refractivity contribution in [2.75, 3.05) is 0 Å². The van der Waals surface area contributed by atoms with E-state index in [4.69, 9.17) is 9.05 Å². The molecule has 0 bridgehead atoms. The van der Waals surface area contributed by atoms with Gasteiger partial charge in [0.05, 0.1) is 5.30 Å². The number of hydrogen-bond acceptors (Lipinski definition) is 2. The van der Waals surface area contributed by atoms with Crippen LogP contribution in [0.2, 0.25) is 0 Å². The fourth-order valence-electron chi connectivity index (χ4n) is 3.89. The van der Waals surface area contributed by atoms with E-state index in [1.54, 1.807) is 0 Å². The summed E-state index contributed by atoms with van der Waals surface area (Å²) in [4.78, 5) is 0. The second-order valence-corrected chi connectivity index (χ2v) is 11.4. The summed E-state index contributed by atoms with van der Waals surface area (Å²) in [5.74, 6) is 1.96. The molecule has 0 aromatic heterocycles. The summed E-state index contributed by atoms with van der Waals surface area (Å²) in [5.41, 5.74) is 4.87. The van der Waals surface area contributed by atoms with Crippen molar-refractivity contribution in [3.05, 3.63) is 89.0 Å². The Balaban J connectivity index is 1.95. The Morgan fingerprint density at radius 2 is 1.07 bits per heavy atom. The third-order valence-corrected chi connectivity index (χ3v) is 6.92. The van der Waals surface area contributed by atoms with Crippen LogP contribution in [0, 0.1) is 0 Å². The summed E-state index contributed by atoms with van der Waals surface area (Å²) in [6.07, 6.45) is 0.802. The van der Waals surface area contributed by atoms with Crippen LogP contribution in [0.4, 0.5) is 0 Å². The maximum Gasteiger partial charge on any atom is 0.326 e. The highest BCUT2D eigenvalue weighted by atomic mass is 31.2. The van der Waals surface area contributed by atoms with Gasteiger partial charge in [-0.1, -0.05) is 96.1 Å². The smallest absolute Gasteiger partial charge is 0.326 e. The maximum absolute atomic E-state index is 6.75. The third-order valence-electron chi connectivity index (χ3n) is 5.51. The standard InChI is InChI=1S/C27H31O2P/c1-26(2,3)22-16-10-12-19-18-20-13-11-17-23(27(4,5)6)25(20)29-30(28-24(19)22)21-14-8-7-9-15-21/h7-17H,18H2,1-6H3. The van der Waals surface area contributed by atoms with E-state index in [0.717, 1.165) is 23.2 Å². The van der Waals surface area contributed by atoms with Crippen LogP contribution in [-0.4, -0.2) is 0 Å². The molecule has 1 aliphatic rings. The monoisotopic (exact) mass is 418 g/mol. The zero-order chi connectivity index (χ0) is 21.5. The Bertz CT molecular complexity index is 977. The van der Waals surface area contributed by atoms with Crippen LogP contribution in [0.5, 0.6) is 11.5 Å². The zero-order valence-electron chi connectivity index (χ0n) is 18.8. The molecule has 3 aromatic rings. The average Bonchev–Trinajstić information content (AvgIpc) is 2.66. The lowest BCUT2D eigenvalue weighted by Crippen LogP contribution is -2.20. The molecular formula is C27H31O2P. The molecule has 1 heterocycles. The minimum absolute atomic E-state index is 0.0156. The van der Waals surface area contributed by atoms with Gasteiger partial charge in [0.1, 0.15) is 11.5 Å². The molecule has 0 amide bonds. The van der Waals surface area contributed by atoms with E-state index < -0.39 is 8.38 Å². The summed E-state index contributed by atoms with van der Waals surface area (Å²) in [6, 6.07) is 23.4. The van der Waals surface area contributed by atoms with E-state index >= 15 is 0 Å². The molecule has 1 aliphatic heterocycles. The van der Waals surface area contributed by atoms with Crippen LogP contribution >= 0.6 is 8.38 Å². The Kier molecular flexibility index (Phi) is 5.41. The van der Waals surface area contributed by atoms with Crippen molar-refractivity contribution in [1.29, 1.82) is 0 Å². The predicted molar refractivity (Wildman–Crippen MR) is 127 cm³/mol. The van der Waals surface area contributed by atoms with E-state index in [2.05, 4.69) is 102 Å². The summed E-state index contributed by atoms with van der Waals surface area (Å²) in [7, 11) is -1.31. The van der Waals surface area contributed by atoms with E-state index in [0.29, 0.717) is 0 Å². The minimum Gasteiger partial charge on any atom is -0.435 e. The molecule has 0 N–H and O–H groups in total. The van der Waals surface area contributed by atoms with E-state index in [9.17, 15) is 0 Å². The highest BCUT2D eigenvalue weighted by Gasteiger charge is 2.31. The second-order valence-electron chi connectivity index (χ2n) is 10.0. The largest absolute Gasteiger partial charge is 0.435 e. The lowest BCUT2D eigenvalue weighted by molar-refractivity contribution is 0.457. The van der Waals surface area contributed by atoms with Gasteiger partial charge in [-0.2, -0.15) is 0 Å². The van der Waals surface area contributed by atoms with Crippen molar-refractivity contribution in [1.82, 2.24) is 0 Å². The topological polar surface area (TPSA) is 18.5 Å². The first-order valence-corrected chi connectivity index (χ1v) is 11.8. The Hall–Kier alpha value is -2.31. The highest BCUT2D eigenvalue weighted by molar-refractivity contribution is 7.56. The Morgan fingerprint density at radius 1 is 0.600 bits per heavy atom. The number of rotatable bonds is 1. The molecule has 0 atom stereocenters. The second kappa shape index (κ2) is 7.75. The fraction of sp³-hybridized carbons (Fsp3) is 0.333. The van der Waals surface area contributed by atoms with E-state index in [-0.39, 0.29) is 10.8 Å². The molecule has 0 saturated carbocycles. The quantitative estimate of drug-likeness (QED) is 0.387. The summed E-state index contributed by atoms with van der Waals surface area (Å²) >= 11 is 0. The lowest BCUT2D eigenvalue weighted by Gasteiger charge is -2.32. The van der Waals surface area contributed by atoms with Gasteiger partial charge in [-0.25, -0.2) is 0 Å². The maximum atomic E-state index is 6.75. The molecule has 0 fully saturated rings. The van der Waals surface area contributed by atoms with Gasteiger partial charge < -0.3 is 9.05 Å². The first-order chi connectivity index (χ1) is 14.1. The van der Waals surface area contributed by atoms with Gasteiger partial charge in [0, 0.05) is 17.5 Å². The summed E-state index contributed by atoms with van der Waals surface area (Å²) < 4.78 is 13.5. The SMILES string of the molecule is CC(C)(C)c1cccc2c1OP(c1ccccc1)Oc1c(cccc1C(C)(C)C)C2. The van der Waals surface area contributed by atoms with Crippen molar-refractivity contribution in [3.8, 4) is 11.5 Å². The van der Waals surface area contributed by atoms with E-state index in [1.807, 2.05) is 6.07 Å². The molecule has 0 aliphatic carbocycles. The van der Waals surface area contributed by atoms with Crippen LogP contribution in [0.25, 0.3) is 0 Å². The highest BCUT2D eigenvalue weighted by Crippen LogP contribution is 2.50.